The molecule has 0 saturated heterocycles. The van der Waals surface area contributed by atoms with Gasteiger partial charge in [-0.05, 0) is 31.8 Å². The summed E-state index contributed by atoms with van der Waals surface area (Å²) in [4.78, 5) is 21.7. The Bertz CT molecular complexity index is 1000. The number of rotatable bonds is 9. The van der Waals surface area contributed by atoms with E-state index in [2.05, 4.69) is 20.4 Å². The van der Waals surface area contributed by atoms with Crippen LogP contribution in [0.5, 0.6) is 0 Å². The molecule has 0 radical (unpaired) electrons. The average Bonchev–Trinajstić information content (AvgIpc) is 3.06. The van der Waals surface area contributed by atoms with Crippen LogP contribution in [0.4, 0.5) is 5.95 Å². The molecule has 0 saturated carbocycles. The van der Waals surface area contributed by atoms with Crippen LogP contribution in [0.25, 0.3) is 11.0 Å². The number of aromatic nitrogens is 4. The first-order valence-corrected chi connectivity index (χ1v) is 9.56. The summed E-state index contributed by atoms with van der Waals surface area (Å²) in [5.41, 5.74) is 1.61. The average molecular weight is 425 g/mol. The first-order chi connectivity index (χ1) is 13.4. The van der Waals surface area contributed by atoms with Crippen LogP contribution in [0, 0.1) is 0 Å². The van der Waals surface area contributed by atoms with E-state index in [4.69, 9.17) is 27.9 Å². The van der Waals surface area contributed by atoms with Crippen molar-refractivity contribution in [2.45, 2.75) is 13.1 Å². The van der Waals surface area contributed by atoms with Crippen LogP contribution in [0.2, 0.25) is 10.0 Å². The summed E-state index contributed by atoms with van der Waals surface area (Å²) >= 11 is 11.9. The standard InChI is InChI=1S/C18H22Cl2N6O2/c1-25(2)5-7-28-8-6-26-16-15(11-22-26)23-18(24-17(16)27)21-10-12-3-4-13(19)14(20)9-12/h3-4,9,11H,5-8,10H2,1-2H3,(H2,21,23,24,27). The smallest absolute Gasteiger partial charge is 0.278 e. The zero-order chi connectivity index (χ0) is 20.1. The van der Waals surface area contributed by atoms with E-state index in [9.17, 15) is 4.79 Å². The molecule has 0 aliphatic carbocycles. The quantitative estimate of drug-likeness (QED) is 0.513. The highest BCUT2D eigenvalue weighted by Crippen LogP contribution is 2.22. The van der Waals surface area contributed by atoms with Crippen molar-refractivity contribution < 1.29 is 4.74 Å². The third-order valence-electron chi connectivity index (χ3n) is 4.07. The number of aromatic amines is 1. The van der Waals surface area contributed by atoms with Gasteiger partial charge in [-0.25, -0.2) is 4.98 Å². The number of H-pyrrole nitrogens is 1. The van der Waals surface area contributed by atoms with E-state index in [1.54, 1.807) is 23.0 Å². The van der Waals surface area contributed by atoms with Crippen LogP contribution in [0.15, 0.2) is 29.2 Å². The van der Waals surface area contributed by atoms with Gasteiger partial charge in [-0.15, -0.1) is 0 Å². The molecule has 28 heavy (non-hydrogen) atoms. The Balaban J connectivity index is 1.65. The van der Waals surface area contributed by atoms with Crippen molar-refractivity contribution in [1.29, 1.82) is 0 Å². The molecule has 0 aliphatic rings. The monoisotopic (exact) mass is 424 g/mol. The van der Waals surface area contributed by atoms with Gasteiger partial charge in [0.05, 0.1) is 36.0 Å². The largest absolute Gasteiger partial charge is 0.378 e. The molecule has 3 aromatic rings. The number of hydrogen-bond donors (Lipinski definition) is 2. The molecular formula is C18H22Cl2N6O2. The topological polar surface area (TPSA) is 88.1 Å². The molecule has 1 aromatic carbocycles. The summed E-state index contributed by atoms with van der Waals surface area (Å²) < 4.78 is 7.18. The Morgan fingerprint density at radius 3 is 2.82 bits per heavy atom. The maximum atomic E-state index is 12.5. The summed E-state index contributed by atoms with van der Waals surface area (Å²) in [5.74, 6) is 0.366. The lowest BCUT2D eigenvalue weighted by Crippen LogP contribution is -2.20. The summed E-state index contributed by atoms with van der Waals surface area (Å²) in [5, 5.41) is 8.31. The number of benzene rings is 1. The minimum atomic E-state index is -0.257. The van der Waals surface area contributed by atoms with Gasteiger partial charge in [0.2, 0.25) is 5.95 Å². The van der Waals surface area contributed by atoms with Gasteiger partial charge in [0.15, 0.2) is 5.52 Å². The zero-order valence-corrected chi connectivity index (χ0v) is 17.2. The van der Waals surface area contributed by atoms with E-state index in [0.717, 1.165) is 12.1 Å². The van der Waals surface area contributed by atoms with Crippen molar-refractivity contribution >= 4 is 40.2 Å². The number of halogens is 2. The second-order valence-electron chi connectivity index (χ2n) is 6.53. The lowest BCUT2D eigenvalue weighted by atomic mass is 10.2. The lowest BCUT2D eigenvalue weighted by Gasteiger charge is -2.10. The molecule has 8 nitrogen and oxygen atoms in total. The Labute approximate surface area is 172 Å². The van der Waals surface area contributed by atoms with Crippen molar-refractivity contribution in [3.05, 3.63) is 50.4 Å². The zero-order valence-electron chi connectivity index (χ0n) is 15.7. The van der Waals surface area contributed by atoms with Crippen molar-refractivity contribution in [3.63, 3.8) is 0 Å². The molecule has 150 valence electrons. The number of hydrogen-bond acceptors (Lipinski definition) is 6. The van der Waals surface area contributed by atoms with Gasteiger partial charge in [-0.2, -0.15) is 5.10 Å². The molecule has 10 heteroatoms. The van der Waals surface area contributed by atoms with Crippen LogP contribution in [-0.2, 0) is 17.8 Å². The summed E-state index contributed by atoms with van der Waals surface area (Å²) in [6.45, 7) is 2.87. The fourth-order valence-electron chi connectivity index (χ4n) is 2.59. The Morgan fingerprint density at radius 2 is 2.07 bits per heavy atom. The third kappa shape index (κ3) is 5.23. The van der Waals surface area contributed by atoms with Gasteiger partial charge in [0.25, 0.3) is 5.56 Å². The maximum Gasteiger partial charge on any atom is 0.278 e. The Hall–Kier alpha value is -2.13. The highest BCUT2D eigenvalue weighted by molar-refractivity contribution is 6.42. The molecule has 3 rings (SSSR count). The SMILES string of the molecule is CN(C)CCOCCn1ncc2nc(NCc3ccc(Cl)c(Cl)c3)[nH]c(=O)c21. The molecule has 0 atom stereocenters. The van der Waals surface area contributed by atoms with Crippen molar-refractivity contribution in [2.75, 3.05) is 39.2 Å². The molecule has 0 bridgehead atoms. The molecule has 0 unspecified atom stereocenters. The van der Waals surface area contributed by atoms with Crippen molar-refractivity contribution in [3.8, 4) is 0 Å². The number of likely N-dealkylation sites (N-methyl/N-ethyl adjacent to an activating group) is 1. The number of anilines is 1. The van der Waals surface area contributed by atoms with E-state index in [1.807, 2.05) is 25.1 Å². The minimum absolute atomic E-state index is 0.257. The molecule has 0 spiro atoms. The minimum Gasteiger partial charge on any atom is -0.378 e. The van der Waals surface area contributed by atoms with E-state index < -0.39 is 0 Å². The third-order valence-corrected chi connectivity index (χ3v) is 4.81. The molecule has 2 N–H and O–H groups in total. The second-order valence-corrected chi connectivity index (χ2v) is 7.35. The van der Waals surface area contributed by atoms with Gasteiger partial charge >= 0.3 is 0 Å². The number of fused-ring (bicyclic) bond motifs is 1. The number of nitrogens with one attached hydrogen (secondary N) is 2. The molecule has 0 amide bonds. The fourth-order valence-corrected chi connectivity index (χ4v) is 2.92. The molecular weight excluding hydrogens is 403 g/mol. The predicted molar refractivity (Wildman–Crippen MR) is 111 cm³/mol. The van der Waals surface area contributed by atoms with Gasteiger partial charge in [0, 0.05) is 13.1 Å². The predicted octanol–water partition coefficient (Wildman–Crippen LogP) is 2.62. The van der Waals surface area contributed by atoms with Crippen molar-refractivity contribution in [1.82, 2.24) is 24.6 Å². The first kappa shape index (κ1) is 20.6. The molecule has 0 aliphatic heterocycles. The van der Waals surface area contributed by atoms with E-state index in [0.29, 0.717) is 53.3 Å². The Morgan fingerprint density at radius 1 is 1.25 bits per heavy atom. The number of nitrogens with zero attached hydrogens (tertiary/aromatic N) is 4. The highest BCUT2D eigenvalue weighted by Gasteiger charge is 2.10. The molecule has 2 aromatic heterocycles. The van der Waals surface area contributed by atoms with Crippen LogP contribution < -0.4 is 10.9 Å². The second kappa shape index (κ2) is 9.38. The van der Waals surface area contributed by atoms with Crippen LogP contribution in [0.1, 0.15) is 5.56 Å². The summed E-state index contributed by atoms with van der Waals surface area (Å²) in [6, 6.07) is 5.35. The molecule has 0 fully saturated rings. The van der Waals surface area contributed by atoms with Crippen LogP contribution >= 0.6 is 23.2 Å². The van der Waals surface area contributed by atoms with Gasteiger partial charge in [-0.3, -0.25) is 14.5 Å². The van der Waals surface area contributed by atoms with Crippen molar-refractivity contribution in [2.24, 2.45) is 0 Å². The van der Waals surface area contributed by atoms with E-state index in [-0.39, 0.29) is 5.56 Å². The van der Waals surface area contributed by atoms with Crippen LogP contribution in [0.3, 0.4) is 0 Å². The maximum absolute atomic E-state index is 12.5. The van der Waals surface area contributed by atoms with Gasteiger partial charge in [-0.1, -0.05) is 29.3 Å². The lowest BCUT2D eigenvalue weighted by molar-refractivity contribution is 0.109. The van der Waals surface area contributed by atoms with Gasteiger partial charge in [0.1, 0.15) is 5.52 Å². The molecule has 2 heterocycles. The van der Waals surface area contributed by atoms with Crippen LogP contribution in [-0.4, -0.2) is 58.5 Å². The summed E-state index contributed by atoms with van der Waals surface area (Å²) in [7, 11) is 3.98. The summed E-state index contributed by atoms with van der Waals surface area (Å²) in [6.07, 6.45) is 1.58. The van der Waals surface area contributed by atoms with Gasteiger partial charge < -0.3 is 15.0 Å². The normalized spacial score (nSPS) is 11.5. The first-order valence-electron chi connectivity index (χ1n) is 8.80. The van der Waals surface area contributed by atoms with E-state index >= 15 is 0 Å². The Kier molecular flexibility index (Phi) is 6.90. The van der Waals surface area contributed by atoms with E-state index in [1.165, 1.54) is 0 Å². The fraction of sp³-hybridized carbons (Fsp3) is 0.389. The number of ether oxygens (including phenoxy) is 1. The highest BCUT2D eigenvalue weighted by atomic mass is 35.5.